The number of hydrogen-bond acceptors (Lipinski definition) is 5. The highest BCUT2D eigenvalue weighted by atomic mass is 19.1. The molecule has 0 aliphatic heterocycles. The van der Waals surface area contributed by atoms with Crippen LogP contribution in [0.15, 0.2) is 77.4 Å². The molecule has 1 aromatic heterocycles. The van der Waals surface area contributed by atoms with Crippen molar-refractivity contribution in [3.8, 4) is 0 Å². The van der Waals surface area contributed by atoms with Crippen molar-refractivity contribution in [1.82, 2.24) is 9.88 Å². The van der Waals surface area contributed by atoms with E-state index in [4.69, 9.17) is 0 Å². The second-order valence-corrected chi connectivity index (χ2v) is 9.06. The van der Waals surface area contributed by atoms with Gasteiger partial charge in [0.05, 0.1) is 24.3 Å². The number of nitrogens with one attached hydrogen (secondary N) is 1. The summed E-state index contributed by atoms with van der Waals surface area (Å²) in [4.78, 5) is 38.5. The van der Waals surface area contributed by atoms with Crippen molar-refractivity contribution >= 4 is 11.7 Å². The highest BCUT2D eigenvalue weighted by Gasteiger charge is 2.28. The standard InChI is InChI=1S/C28H26F2N2O5/c29-20-10-8-17(9-11-20)12-18-13-21(28(37)32(15-18)16-19-4-1-2-5-22(19)30)25(34)14-26(35)27(36)31-23-6-3-7-24(23)33/h1-2,4-5,8-11,13-15,23-24,33,35H,3,6-7,12,16H2,(H,31,36)/b26-14-. The molecule has 1 amide bonds. The first kappa shape index (κ1) is 26.0. The molecule has 1 fully saturated rings. The van der Waals surface area contributed by atoms with Gasteiger partial charge in [0.2, 0.25) is 0 Å². The number of carbonyl (C=O) groups is 2. The molecule has 0 spiro atoms. The van der Waals surface area contributed by atoms with Crippen LogP contribution in [0, 0.1) is 11.6 Å². The number of aromatic nitrogens is 1. The van der Waals surface area contributed by atoms with Crippen LogP contribution in [-0.2, 0) is 17.8 Å². The van der Waals surface area contributed by atoms with Crippen LogP contribution in [0.3, 0.4) is 0 Å². The van der Waals surface area contributed by atoms with Crippen molar-refractivity contribution in [2.24, 2.45) is 0 Å². The van der Waals surface area contributed by atoms with Crippen LogP contribution in [0.4, 0.5) is 8.78 Å². The first-order valence-corrected chi connectivity index (χ1v) is 11.9. The molecule has 37 heavy (non-hydrogen) atoms. The monoisotopic (exact) mass is 508 g/mol. The molecule has 7 nitrogen and oxygen atoms in total. The smallest absolute Gasteiger partial charge is 0.286 e. The molecule has 0 bridgehead atoms. The van der Waals surface area contributed by atoms with Gasteiger partial charge in [0.1, 0.15) is 11.6 Å². The number of halogens is 2. The van der Waals surface area contributed by atoms with E-state index in [0.717, 1.165) is 6.42 Å². The molecule has 9 heteroatoms. The van der Waals surface area contributed by atoms with E-state index in [-0.39, 0.29) is 24.1 Å². The largest absolute Gasteiger partial charge is 0.503 e. The van der Waals surface area contributed by atoms with E-state index >= 15 is 0 Å². The summed E-state index contributed by atoms with van der Waals surface area (Å²) in [6.07, 6.45) is 3.44. The van der Waals surface area contributed by atoms with Crippen molar-refractivity contribution < 1.29 is 28.6 Å². The van der Waals surface area contributed by atoms with Crippen LogP contribution in [0.5, 0.6) is 0 Å². The van der Waals surface area contributed by atoms with E-state index < -0.39 is 46.8 Å². The third-order valence-corrected chi connectivity index (χ3v) is 6.32. The van der Waals surface area contributed by atoms with E-state index in [1.807, 2.05) is 0 Å². The van der Waals surface area contributed by atoms with E-state index in [1.54, 1.807) is 18.2 Å². The molecule has 1 heterocycles. The van der Waals surface area contributed by atoms with E-state index in [0.29, 0.717) is 30.0 Å². The number of amides is 1. The molecule has 3 aromatic rings. The lowest BCUT2D eigenvalue weighted by Crippen LogP contribution is -2.40. The topological polar surface area (TPSA) is 109 Å². The second kappa shape index (κ2) is 11.3. The number of ketones is 1. The number of carbonyl (C=O) groups excluding carboxylic acids is 2. The summed E-state index contributed by atoms with van der Waals surface area (Å²) in [6.45, 7) is -0.154. The Kier molecular flexibility index (Phi) is 7.93. The molecule has 3 N–H and O–H groups in total. The van der Waals surface area contributed by atoms with Crippen molar-refractivity contribution in [2.45, 2.75) is 44.4 Å². The van der Waals surface area contributed by atoms with E-state index in [9.17, 15) is 33.4 Å². The van der Waals surface area contributed by atoms with Crippen molar-refractivity contribution in [3.63, 3.8) is 0 Å². The average molecular weight is 509 g/mol. The van der Waals surface area contributed by atoms with Gasteiger partial charge in [-0.2, -0.15) is 0 Å². The van der Waals surface area contributed by atoms with E-state index in [2.05, 4.69) is 5.32 Å². The maximum atomic E-state index is 14.3. The van der Waals surface area contributed by atoms with Crippen LogP contribution >= 0.6 is 0 Å². The zero-order valence-corrected chi connectivity index (χ0v) is 19.9. The lowest BCUT2D eigenvalue weighted by molar-refractivity contribution is -0.121. The minimum absolute atomic E-state index is 0.154. The first-order chi connectivity index (χ1) is 17.7. The summed E-state index contributed by atoms with van der Waals surface area (Å²) in [5, 5.41) is 22.6. The number of allylic oxidation sites excluding steroid dienone is 1. The Morgan fingerprint density at radius 3 is 2.46 bits per heavy atom. The minimum atomic E-state index is -0.937. The summed E-state index contributed by atoms with van der Waals surface area (Å²) >= 11 is 0. The highest BCUT2D eigenvalue weighted by molar-refractivity contribution is 6.08. The van der Waals surface area contributed by atoms with Gasteiger partial charge in [-0.3, -0.25) is 14.4 Å². The fourth-order valence-corrected chi connectivity index (χ4v) is 4.36. The molecule has 2 unspecified atom stereocenters. The third kappa shape index (κ3) is 6.37. The Labute approximate surface area is 211 Å². The molecule has 1 saturated carbocycles. The van der Waals surface area contributed by atoms with Gasteiger partial charge in [-0.05, 0) is 61.1 Å². The molecule has 0 saturated heterocycles. The maximum absolute atomic E-state index is 14.3. The predicted octanol–water partition coefficient (Wildman–Crippen LogP) is 3.42. The Hall–Kier alpha value is -4.11. The van der Waals surface area contributed by atoms with Crippen molar-refractivity contribution in [1.29, 1.82) is 0 Å². The zero-order valence-electron chi connectivity index (χ0n) is 19.9. The number of aliphatic hydroxyl groups is 2. The Morgan fingerprint density at radius 2 is 1.78 bits per heavy atom. The number of nitrogens with zero attached hydrogens (tertiary/aromatic N) is 1. The van der Waals surface area contributed by atoms with Gasteiger partial charge in [-0.15, -0.1) is 0 Å². The van der Waals surface area contributed by atoms with Crippen LogP contribution in [0.25, 0.3) is 0 Å². The molecule has 0 radical (unpaired) electrons. The van der Waals surface area contributed by atoms with Crippen molar-refractivity contribution in [3.05, 3.63) is 117 Å². The number of benzene rings is 2. The Bertz CT molecular complexity index is 1400. The van der Waals surface area contributed by atoms with Gasteiger partial charge in [0.25, 0.3) is 11.5 Å². The van der Waals surface area contributed by atoms with Crippen LogP contribution in [0.1, 0.15) is 46.3 Å². The fraction of sp³-hybridized carbons (Fsp3) is 0.250. The van der Waals surface area contributed by atoms with Gasteiger partial charge < -0.3 is 20.1 Å². The quantitative estimate of drug-likeness (QED) is 0.246. The van der Waals surface area contributed by atoms with Crippen molar-refractivity contribution in [2.75, 3.05) is 0 Å². The van der Waals surface area contributed by atoms with Gasteiger partial charge in [0, 0.05) is 17.8 Å². The third-order valence-electron chi connectivity index (χ3n) is 6.32. The molecule has 2 aromatic carbocycles. The van der Waals surface area contributed by atoms with Gasteiger partial charge in [-0.25, -0.2) is 8.78 Å². The highest BCUT2D eigenvalue weighted by Crippen LogP contribution is 2.19. The SMILES string of the molecule is O=C(NC1CCCC1O)/C(O)=C/C(=O)c1cc(Cc2ccc(F)cc2)cn(Cc2ccccc2F)c1=O. The van der Waals surface area contributed by atoms with Crippen LogP contribution < -0.4 is 10.9 Å². The molecule has 2 atom stereocenters. The molecular formula is C28H26F2N2O5. The lowest BCUT2D eigenvalue weighted by Gasteiger charge is -2.15. The second-order valence-electron chi connectivity index (χ2n) is 9.06. The van der Waals surface area contributed by atoms with Gasteiger partial charge >= 0.3 is 0 Å². The predicted molar refractivity (Wildman–Crippen MR) is 132 cm³/mol. The van der Waals surface area contributed by atoms with Crippen LogP contribution in [0.2, 0.25) is 0 Å². The maximum Gasteiger partial charge on any atom is 0.286 e. The molecule has 192 valence electrons. The summed E-state index contributed by atoms with van der Waals surface area (Å²) in [5.74, 6) is -3.67. The Balaban J connectivity index is 1.66. The summed E-state index contributed by atoms with van der Waals surface area (Å²) < 4.78 is 28.8. The number of rotatable bonds is 8. The number of hydrogen-bond donors (Lipinski definition) is 3. The summed E-state index contributed by atoms with van der Waals surface area (Å²) in [6, 6.07) is 12.4. The summed E-state index contributed by atoms with van der Waals surface area (Å²) in [7, 11) is 0. The average Bonchev–Trinajstić information content (AvgIpc) is 3.27. The van der Waals surface area contributed by atoms with Gasteiger partial charge in [-0.1, -0.05) is 30.3 Å². The first-order valence-electron chi connectivity index (χ1n) is 11.9. The fourth-order valence-electron chi connectivity index (χ4n) is 4.36. The molecule has 4 rings (SSSR count). The minimum Gasteiger partial charge on any atom is -0.503 e. The lowest BCUT2D eigenvalue weighted by atomic mass is 10.0. The number of aliphatic hydroxyl groups excluding tert-OH is 2. The van der Waals surface area contributed by atoms with Gasteiger partial charge in [0.15, 0.2) is 11.5 Å². The zero-order chi connectivity index (χ0) is 26.5. The van der Waals surface area contributed by atoms with Crippen LogP contribution in [-0.4, -0.2) is 38.6 Å². The molecule has 1 aliphatic rings. The molecular weight excluding hydrogens is 482 g/mol. The molecule has 1 aliphatic carbocycles. The van der Waals surface area contributed by atoms with E-state index in [1.165, 1.54) is 47.2 Å². The normalized spacial score (nSPS) is 17.5. The summed E-state index contributed by atoms with van der Waals surface area (Å²) in [5.41, 5.74) is 0.402. The number of pyridine rings is 1. The Morgan fingerprint density at radius 1 is 1.05 bits per heavy atom.